The molecule has 5 unspecified atom stereocenters. The van der Waals surface area contributed by atoms with Crippen molar-refractivity contribution < 1.29 is 0 Å². The molecule has 0 heteroatoms. The summed E-state index contributed by atoms with van der Waals surface area (Å²) in [6, 6.07) is 0. The molecule has 58 valence electrons. The van der Waals surface area contributed by atoms with E-state index >= 15 is 0 Å². The van der Waals surface area contributed by atoms with Crippen molar-refractivity contribution >= 4 is 0 Å². The van der Waals surface area contributed by atoms with E-state index in [2.05, 4.69) is 27.7 Å². The van der Waals surface area contributed by atoms with Crippen LogP contribution in [0.3, 0.4) is 0 Å². The molecule has 0 heterocycles. The van der Waals surface area contributed by atoms with Gasteiger partial charge in [0.1, 0.15) is 0 Å². The number of fused-ring (bicyclic) bond motifs is 1. The molecule has 0 spiro atoms. The first-order valence-corrected chi connectivity index (χ1v) is 4.57. The summed E-state index contributed by atoms with van der Waals surface area (Å²) in [6.45, 7) is 9.77. The smallest absolute Gasteiger partial charge is 0.0263 e. The molecule has 2 fully saturated rings. The van der Waals surface area contributed by atoms with Gasteiger partial charge in [-0.25, -0.2) is 0 Å². The molecule has 0 bridgehead atoms. The molecule has 0 radical (unpaired) electrons. The predicted octanol–water partition coefficient (Wildman–Crippen LogP) is 2.93. The van der Waals surface area contributed by atoms with E-state index < -0.39 is 0 Å². The van der Waals surface area contributed by atoms with E-state index in [4.69, 9.17) is 0 Å². The Hall–Kier alpha value is 0. The SMILES string of the molecule is CC1C(C)C2CC2(C)C1C. The largest absolute Gasteiger partial charge is 0.0620 e. The monoisotopic (exact) mass is 138 g/mol. The van der Waals surface area contributed by atoms with Crippen molar-refractivity contribution in [3.8, 4) is 0 Å². The molecule has 2 aliphatic rings. The fraction of sp³-hybridized carbons (Fsp3) is 1.00. The Labute approximate surface area is 64.0 Å². The van der Waals surface area contributed by atoms with Crippen molar-refractivity contribution in [2.75, 3.05) is 0 Å². The van der Waals surface area contributed by atoms with E-state index in [0.717, 1.165) is 29.1 Å². The average molecular weight is 138 g/mol. The molecule has 0 saturated heterocycles. The Morgan fingerprint density at radius 1 is 1.10 bits per heavy atom. The van der Waals surface area contributed by atoms with Gasteiger partial charge in [-0.2, -0.15) is 0 Å². The zero-order valence-electron chi connectivity index (χ0n) is 7.52. The van der Waals surface area contributed by atoms with Gasteiger partial charge in [-0.05, 0) is 35.5 Å². The highest BCUT2D eigenvalue weighted by atomic mass is 14.7. The van der Waals surface area contributed by atoms with Crippen LogP contribution in [0, 0.1) is 29.1 Å². The summed E-state index contributed by atoms with van der Waals surface area (Å²) in [5.41, 5.74) is 0.763. The summed E-state index contributed by atoms with van der Waals surface area (Å²) in [7, 11) is 0. The molecule has 0 aromatic heterocycles. The summed E-state index contributed by atoms with van der Waals surface area (Å²) in [5, 5.41) is 0. The van der Waals surface area contributed by atoms with Gasteiger partial charge in [0.2, 0.25) is 0 Å². The molecule has 10 heavy (non-hydrogen) atoms. The van der Waals surface area contributed by atoms with Gasteiger partial charge in [-0.15, -0.1) is 0 Å². The van der Waals surface area contributed by atoms with Gasteiger partial charge in [-0.1, -0.05) is 27.7 Å². The zero-order valence-corrected chi connectivity index (χ0v) is 7.52. The lowest BCUT2D eigenvalue weighted by molar-refractivity contribution is 0.280. The second kappa shape index (κ2) is 1.60. The molecule has 0 aromatic carbocycles. The lowest BCUT2D eigenvalue weighted by Gasteiger charge is -2.21. The molecule has 0 aromatic rings. The van der Waals surface area contributed by atoms with Crippen LogP contribution in [-0.4, -0.2) is 0 Å². The molecule has 2 aliphatic carbocycles. The highest BCUT2D eigenvalue weighted by Crippen LogP contribution is 2.70. The highest BCUT2D eigenvalue weighted by Gasteiger charge is 2.63. The maximum atomic E-state index is 2.47. The second-order valence-electron chi connectivity index (χ2n) is 4.82. The van der Waals surface area contributed by atoms with Gasteiger partial charge in [0, 0.05) is 0 Å². The van der Waals surface area contributed by atoms with Crippen molar-refractivity contribution in [2.45, 2.75) is 34.1 Å². The minimum absolute atomic E-state index is 0.763. The zero-order chi connectivity index (χ0) is 7.52. The lowest BCUT2D eigenvalue weighted by Crippen LogP contribution is -2.14. The van der Waals surface area contributed by atoms with Gasteiger partial charge in [0.05, 0.1) is 0 Å². The van der Waals surface area contributed by atoms with E-state index in [-0.39, 0.29) is 0 Å². The average Bonchev–Trinajstić information content (AvgIpc) is 2.54. The van der Waals surface area contributed by atoms with Gasteiger partial charge in [-0.3, -0.25) is 0 Å². The minimum atomic E-state index is 0.763. The van der Waals surface area contributed by atoms with Crippen molar-refractivity contribution in [3.63, 3.8) is 0 Å². The summed E-state index contributed by atoms with van der Waals surface area (Å²) < 4.78 is 0. The van der Waals surface area contributed by atoms with Crippen LogP contribution in [0.4, 0.5) is 0 Å². The predicted molar refractivity (Wildman–Crippen MR) is 43.7 cm³/mol. The fourth-order valence-electron chi connectivity index (χ4n) is 3.15. The van der Waals surface area contributed by atoms with Gasteiger partial charge >= 0.3 is 0 Å². The molecule has 5 atom stereocenters. The van der Waals surface area contributed by atoms with Crippen LogP contribution in [0.25, 0.3) is 0 Å². The Morgan fingerprint density at radius 2 is 1.70 bits per heavy atom. The third-order valence-electron chi connectivity index (χ3n) is 4.64. The fourth-order valence-corrected chi connectivity index (χ4v) is 3.15. The Kier molecular flexibility index (Phi) is 1.07. The van der Waals surface area contributed by atoms with Crippen molar-refractivity contribution in [1.82, 2.24) is 0 Å². The van der Waals surface area contributed by atoms with E-state index in [9.17, 15) is 0 Å². The van der Waals surface area contributed by atoms with Crippen LogP contribution in [-0.2, 0) is 0 Å². The van der Waals surface area contributed by atoms with E-state index in [1.807, 2.05) is 0 Å². The highest BCUT2D eigenvalue weighted by molar-refractivity contribution is 5.11. The van der Waals surface area contributed by atoms with E-state index in [1.165, 1.54) is 6.42 Å². The number of rotatable bonds is 0. The second-order valence-corrected chi connectivity index (χ2v) is 4.82. The Bertz CT molecular complexity index is 157. The van der Waals surface area contributed by atoms with Crippen LogP contribution < -0.4 is 0 Å². The van der Waals surface area contributed by atoms with E-state index in [1.54, 1.807) is 0 Å². The summed E-state index contributed by atoms with van der Waals surface area (Å²) >= 11 is 0. The summed E-state index contributed by atoms with van der Waals surface area (Å²) in [6.07, 6.45) is 1.51. The Morgan fingerprint density at radius 3 is 1.90 bits per heavy atom. The van der Waals surface area contributed by atoms with Crippen molar-refractivity contribution in [3.05, 3.63) is 0 Å². The maximum absolute atomic E-state index is 2.47. The Balaban J connectivity index is 2.23. The van der Waals surface area contributed by atoms with Crippen LogP contribution >= 0.6 is 0 Å². The first-order chi connectivity index (χ1) is 4.57. The topological polar surface area (TPSA) is 0 Å². The third kappa shape index (κ3) is 0.538. The summed E-state index contributed by atoms with van der Waals surface area (Å²) in [5.74, 6) is 4.04. The van der Waals surface area contributed by atoms with Crippen LogP contribution in [0.5, 0.6) is 0 Å². The minimum Gasteiger partial charge on any atom is -0.0620 e. The lowest BCUT2D eigenvalue weighted by atomic mass is 9.84. The quantitative estimate of drug-likeness (QED) is 0.483. The number of hydrogen-bond acceptors (Lipinski definition) is 0. The van der Waals surface area contributed by atoms with Crippen molar-refractivity contribution in [2.24, 2.45) is 29.1 Å². The molecule has 0 amide bonds. The number of hydrogen-bond donors (Lipinski definition) is 0. The first-order valence-electron chi connectivity index (χ1n) is 4.57. The molecule has 0 nitrogen and oxygen atoms in total. The standard InChI is InChI=1S/C10H18/c1-6-7(2)9-5-10(9,4)8(6)3/h6-9H,5H2,1-4H3. The van der Waals surface area contributed by atoms with Gasteiger partial charge in [0.25, 0.3) is 0 Å². The normalized spacial score (nSPS) is 66.0. The van der Waals surface area contributed by atoms with Gasteiger partial charge < -0.3 is 0 Å². The molecule has 2 saturated carbocycles. The van der Waals surface area contributed by atoms with Crippen molar-refractivity contribution in [1.29, 1.82) is 0 Å². The van der Waals surface area contributed by atoms with Crippen LogP contribution in [0.15, 0.2) is 0 Å². The maximum Gasteiger partial charge on any atom is -0.0263 e. The molecular weight excluding hydrogens is 120 g/mol. The summed E-state index contributed by atoms with van der Waals surface area (Å²) in [4.78, 5) is 0. The molecule has 0 N–H and O–H groups in total. The molecule has 2 rings (SSSR count). The van der Waals surface area contributed by atoms with Gasteiger partial charge in [0.15, 0.2) is 0 Å². The first kappa shape index (κ1) is 6.69. The molecule has 0 aliphatic heterocycles. The van der Waals surface area contributed by atoms with Crippen LogP contribution in [0.1, 0.15) is 34.1 Å². The third-order valence-corrected chi connectivity index (χ3v) is 4.64. The van der Waals surface area contributed by atoms with Crippen LogP contribution in [0.2, 0.25) is 0 Å². The molecular formula is C10H18. The van der Waals surface area contributed by atoms with E-state index in [0.29, 0.717) is 0 Å².